The van der Waals surface area contributed by atoms with Gasteiger partial charge in [-0.2, -0.15) is 8.78 Å². The van der Waals surface area contributed by atoms with E-state index in [9.17, 15) is 13.2 Å². The molecule has 0 saturated carbocycles. The number of rotatable bonds is 9. The summed E-state index contributed by atoms with van der Waals surface area (Å²) >= 11 is 0. The highest BCUT2D eigenvalue weighted by Crippen LogP contribution is 2.23. The lowest BCUT2D eigenvalue weighted by molar-refractivity contribution is -0.0506. The molecule has 0 saturated heterocycles. The lowest BCUT2D eigenvalue weighted by Gasteiger charge is -2.15. The molecule has 0 atom stereocenters. The molecule has 10 heteroatoms. The molecule has 0 spiro atoms. The summed E-state index contributed by atoms with van der Waals surface area (Å²) in [6.07, 6.45) is 0. The Labute approximate surface area is 184 Å². The standard InChI is InChI=1S/C19H22F3N3O3.HI/c1-23-19(24-10-11-27-14-8-6-13(26-2)7-9-14)25-12-15-16(20)4-3-5-17(15)28-18(21)22;/h3-9,18H,10-12H2,1-2H3,(H2,23,24,25);1H. The fourth-order valence-corrected chi connectivity index (χ4v) is 2.32. The van der Waals surface area contributed by atoms with Crippen LogP contribution in [0.25, 0.3) is 0 Å². The first-order valence-corrected chi connectivity index (χ1v) is 8.47. The minimum Gasteiger partial charge on any atom is -0.497 e. The molecular formula is C19H23F3IN3O3. The molecule has 0 fully saturated rings. The number of hydrogen-bond donors (Lipinski definition) is 2. The van der Waals surface area contributed by atoms with E-state index in [0.29, 0.717) is 24.9 Å². The molecule has 0 unspecified atom stereocenters. The van der Waals surface area contributed by atoms with Gasteiger partial charge in [0.15, 0.2) is 5.96 Å². The zero-order valence-corrected chi connectivity index (χ0v) is 18.3. The maximum absolute atomic E-state index is 13.9. The number of halogens is 4. The minimum absolute atomic E-state index is 0. The zero-order valence-electron chi connectivity index (χ0n) is 16.0. The Hall–Kier alpha value is -2.37. The molecule has 0 heterocycles. The van der Waals surface area contributed by atoms with Crippen LogP contribution in [0.3, 0.4) is 0 Å². The molecule has 2 N–H and O–H groups in total. The average Bonchev–Trinajstić information content (AvgIpc) is 2.69. The largest absolute Gasteiger partial charge is 0.497 e. The maximum atomic E-state index is 13.9. The van der Waals surface area contributed by atoms with Crippen molar-refractivity contribution in [3.63, 3.8) is 0 Å². The number of nitrogens with one attached hydrogen (secondary N) is 2. The number of ether oxygens (including phenoxy) is 3. The number of aliphatic imine (C=N–C) groups is 1. The third-order valence-electron chi connectivity index (χ3n) is 3.67. The van der Waals surface area contributed by atoms with Gasteiger partial charge in [-0.1, -0.05) is 6.07 Å². The molecule has 160 valence electrons. The highest BCUT2D eigenvalue weighted by atomic mass is 127. The van der Waals surface area contributed by atoms with Gasteiger partial charge in [0.05, 0.1) is 13.7 Å². The van der Waals surface area contributed by atoms with Crippen molar-refractivity contribution in [2.45, 2.75) is 13.2 Å². The second-order valence-electron chi connectivity index (χ2n) is 5.47. The molecule has 0 aromatic heterocycles. The van der Waals surface area contributed by atoms with Crippen LogP contribution < -0.4 is 24.8 Å². The van der Waals surface area contributed by atoms with E-state index in [4.69, 9.17) is 9.47 Å². The molecule has 0 aliphatic carbocycles. The first-order valence-electron chi connectivity index (χ1n) is 8.47. The Kier molecular flexibility index (Phi) is 11.0. The van der Waals surface area contributed by atoms with Crippen molar-refractivity contribution in [1.29, 1.82) is 0 Å². The van der Waals surface area contributed by atoms with Gasteiger partial charge >= 0.3 is 6.61 Å². The van der Waals surface area contributed by atoms with E-state index in [1.807, 2.05) is 0 Å². The number of benzene rings is 2. The summed E-state index contributed by atoms with van der Waals surface area (Å²) in [4.78, 5) is 4.00. The smallest absolute Gasteiger partial charge is 0.387 e. The van der Waals surface area contributed by atoms with Crippen molar-refractivity contribution < 1.29 is 27.4 Å². The first kappa shape index (κ1) is 24.7. The van der Waals surface area contributed by atoms with Gasteiger partial charge in [0.25, 0.3) is 0 Å². The number of alkyl halides is 2. The third-order valence-corrected chi connectivity index (χ3v) is 3.67. The van der Waals surface area contributed by atoms with Crippen LogP contribution in [0.5, 0.6) is 17.2 Å². The Bertz CT molecular complexity index is 777. The quantitative estimate of drug-likeness (QED) is 0.226. The van der Waals surface area contributed by atoms with Crippen molar-refractivity contribution in [3.05, 3.63) is 53.8 Å². The Morgan fingerprint density at radius 1 is 1.07 bits per heavy atom. The average molecular weight is 525 g/mol. The number of methoxy groups -OCH3 is 1. The van der Waals surface area contributed by atoms with Crippen LogP contribution in [0.1, 0.15) is 5.56 Å². The van der Waals surface area contributed by atoms with E-state index in [2.05, 4.69) is 20.4 Å². The second-order valence-corrected chi connectivity index (χ2v) is 5.47. The van der Waals surface area contributed by atoms with Gasteiger partial charge in [-0.15, -0.1) is 24.0 Å². The van der Waals surface area contributed by atoms with E-state index in [0.717, 1.165) is 5.75 Å². The summed E-state index contributed by atoms with van der Waals surface area (Å²) in [6.45, 7) is -2.34. The van der Waals surface area contributed by atoms with Gasteiger partial charge in [0.1, 0.15) is 29.7 Å². The monoisotopic (exact) mass is 525 g/mol. The predicted molar refractivity (Wildman–Crippen MR) is 115 cm³/mol. The van der Waals surface area contributed by atoms with Crippen LogP contribution in [0.2, 0.25) is 0 Å². The van der Waals surface area contributed by atoms with Crippen LogP contribution in [0.15, 0.2) is 47.5 Å². The molecule has 2 aromatic carbocycles. The van der Waals surface area contributed by atoms with Crippen LogP contribution in [-0.2, 0) is 6.54 Å². The highest BCUT2D eigenvalue weighted by Gasteiger charge is 2.14. The first-order chi connectivity index (χ1) is 13.5. The molecule has 2 aromatic rings. The fraction of sp³-hybridized carbons (Fsp3) is 0.316. The summed E-state index contributed by atoms with van der Waals surface area (Å²) in [7, 11) is 3.12. The molecule has 29 heavy (non-hydrogen) atoms. The third kappa shape index (κ3) is 8.26. The number of hydrogen-bond acceptors (Lipinski definition) is 4. The molecular weight excluding hydrogens is 502 g/mol. The van der Waals surface area contributed by atoms with Crippen molar-refractivity contribution in [1.82, 2.24) is 10.6 Å². The Balaban J connectivity index is 0.00000420. The molecule has 2 rings (SSSR count). The molecule has 0 aliphatic heterocycles. The summed E-state index contributed by atoms with van der Waals surface area (Å²) in [5, 5.41) is 5.85. The van der Waals surface area contributed by atoms with Gasteiger partial charge < -0.3 is 24.8 Å². The highest BCUT2D eigenvalue weighted by molar-refractivity contribution is 14.0. The lowest BCUT2D eigenvalue weighted by Crippen LogP contribution is -2.39. The maximum Gasteiger partial charge on any atom is 0.387 e. The SMILES string of the molecule is CN=C(NCCOc1ccc(OC)cc1)NCc1c(F)cccc1OC(F)F.I. The predicted octanol–water partition coefficient (Wildman–Crippen LogP) is 3.80. The van der Waals surface area contributed by atoms with E-state index < -0.39 is 12.4 Å². The lowest BCUT2D eigenvalue weighted by atomic mass is 10.2. The van der Waals surface area contributed by atoms with Gasteiger partial charge in [-0.25, -0.2) is 4.39 Å². The van der Waals surface area contributed by atoms with Crippen LogP contribution in [0.4, 0.5) is 13.2 Å². The van der Waals surface area contributed by atoms with Gasteiger partial charge in [0.2, 0.25) is 0 Å². The molecule has 0 aliphatic rings. The minimum atomic E-state index is -3.03. The summed E-state index contributed by atoms with van der Waals surface area (Å²) in [5.74, 6) is 0.915. The van der Waals surface area contributed by atoms with E-state index in [-0.39, 0.29) is 41.8 Å². The normalized spacial score (nSPS) is 10.9. The van der Waals surface area contributed by atoms with E-state index >= 15 is 0 Å². The van der Waals surface area contributed by atoms with E-state index in [1.165, 1.54) is 25.2 Å². The summed E-state index contributed by atoms with van der Waals surface area (Å²) in [6, 6.07) is 10.9. The van der Waals surface area contributed by atoms with Crippen molar-refractivity contribution in [2.24, 2.45) is 4.99 Å². The Morgan fingerprint density at radius 3 is 2.38 bits per heavy atom. The van der Waals surface area contributed by atoms with Gasteiger partial charge in [-0.3, -0.25) is 4.99 Å². The fourth-order valence-electron chi connectivity index (χ4n) is 2.32. The van der Waals surface area contributed by atoms with Crippen LogP contribution in [-0.4, -0.2) is 39.9 Å². The van der Waals surface area contributed by atoms with Crippen molar-refractivity contribution in [3.8, 4) is 17.2 Å². The van der Waals surface area contributed by atoms with Gasteiger partial charge in [-0.05, 0) is 36.4 Å². The number of guanidine groups is 1. The van der Waals surface area contributed by atoms with Crippen molar-refractivity contribution in [2.75, 3.05) is 27.3 Å². The van der Waals surface area contributed by atoms with Crippen LogP contribution >= 0.6 is 24.0 Å². The van der Waals surface area contributed by atoms with Gasteiger partial charge in [0, 0.05) is 19.2 Å². The zero-order chi connectivity index (χ0) is 20.4. The second kappa shape index (κ2) is 13.0. The molecule has 0 bridgehead atoms. The molecule has 0 radical (unpaired) electrons. The molecule has 6 nitrogen and oxygen atoms in total. The van der Waals surface area contributed by atoms with E-state index in [1.54, 1.807) is 31.4 Å². The summed E-state index contributed by atoms with van der Waals surface area (Å²) < 4.78 is 53.9. The topological polar surface area (TPSA) is 64.1 Å². The molecule has 0 amide bonds. The summed E-state index contributed by atoms with van der Waals surface area (Å²) in [5.41, 5.74) is -0.0137. The van der Waals surface area contributed by atoms with Crippen molar-refractivity contribution >= 4 is 29.9 Å². The number of nitrogens with zero attached hydrogens (tertiary/aromatic N) is 1. The van der Waals surface area contributed by atoms with Crippen LogP contribution in [0, 0.1) is 5.82 Å². The Morgan fingerprint density at radius 2 is 1.76 bits per heavy atom.